The Hall–Kier alpha value is -2.28. The maximum atomic E-state index is 12.6. The van der Waals surface area contributed by atoms with Gasteiger partial charge in [-0.2, -0.15) is 5.26 Å². The van der Waals surface area contributed by atoms with Crippen molar-refractivity contribution < 1.29 is 4.79 Å². The summed E-state index contributed by atoms with van der Waals surface area (Å²) in [5.41, 5.74) is 3.09. The largest absolute Gasteiger partial charge is 0.376 e. The van der Waals surface area contributed by atoms with E-state index >= 15 is 0 Å². The van der Waals surface area contributed by atoms with Gasteiger partial charge in [-0.1, -0.05) is 39.0 Å². The number of rotatable bonds is 4. The molecule has 0 radical (unpaired) electrons. The molecule has 1 aliphatic heterocycles. The van der Waals surface area contributed by atoms with Crippen LogP contribution in [0.1, 0.15) is 38.3 Å². The number of para-hydroxylation sites is 1. The molecule has 1 saturated heterocycles. The van der Waals surface area contributed by atoms with E-state index in [-0.39, 0.29) is 11.5 Å². The Balaban J connectivity index is 2.18. The highest BCUT2D eigenvalue weighted by Crippen LogP contribution is 2.23. The third kappa shape index (κ3) is 4.38. The summed E-state index contributed by atoms with van der Waals surface area (Å²) >= 11 is 0. The Kier molecular flexibility index (Phi) is 6.03. The monoisotopic (exact) mass is 325 g/mol. The number of anilines is 1. The fourth-order valence-corrected chi connectivity index (χ4v) is 3.52. The molecule has 2 unspecified atom stereocenters. The van der Waals surface area contributed by atoms with E-state index in [1.807, 2.05) is 25.1 Å². The van der Waals surface area contributed by atoms with Gasteiger partial charge in [0.25, 0.3) is 5.91 Å². The number of piperidine rings is 1. The van der Waals surface area contributed by atoms with Crippen molar-refractivity contribution in [3.8, 4) is 6.07 Å². The quantitative estimate of drug-likeness (QED) is 0.675. The first-order valence-electron chi connectivity index (χ1n) is 8.70. The van der Waals surface area contributed by atoms with Crippen LogP contribution in [-0.2, 0) is 11.2 Å². The summed E-state index contributed by atoms with van der Waals surface area (Å²) in [5.74, 6) is 0.833. The average molecular weight is 325 g/mol. The molecular weight excluding hydrogens is 298 g/mol. The molecule has 0 bridgehead atoms. The van der Waals surface area contributed by atoms with Gasteiger partial charge in [-0.05, 0) is 42.7 Å². The second-order valence-corrected chi connectivity index (χ2v) is 6.97. The Morgan fingerprint density at radius 2 is 2.04 bits per heavy atom. The maximum absolute atomic E-state index is 12.6. The molecule has 1 aliphatic rings. The minimum Gasteiger partial charge on any atom is -0.376 e. The van der Waals surface area contributed by atoms with Crippen molar-refractivity contribution in [3.05, 3.63) is 41.1 Å². The van der Waals surface area contributed by atoms with Gasteiger partial charge in [0.05, 0.1) is 0 Å². The van der Waals surface area contributed by atoms with E-state index in [4.69, 9.17) is 0 Å². The number of hydrogen-bond acceptors (Lipinski definition) is 3. The molecule has 0 saturated carbocycles. The molecule has 1 heterocycles. The van der Waals surface area contributed by atoms with Gasteiger partial charge in [-0.3, -0.25) is 4.79 Å². The first-order chi connectivity index (χ1) is 11.4. The molecule has 1 aromatic rings. The topological polar surface area (TPSA) is 56.1 Å². The van der Waals surface area contributed by atoms with Crippen LogP contribution in [0.3, 0.4) is 0 Å². The molecule has 1 fully saturated rings. The predicted molar refractivity (Wildman–Crippen MR) is 97.4 cm³/mol. The molecular formula is C20H27N3O. The summed E-state index contributed by atoms with van der Waals surface area (Å²) in [7, 11) is 0. The summed E-state index contributed by atoms with van der Waals surface area (Å²) in [6.07, 6.45) is 3.76. The van der Waals surface area contributed by atoms with Crippen molar-refractivity contribution in [2.24, 2.45) is 11.8 Å². The molecule has 4 heteroatoms. The van der Waals surface area contributed by atoms with Crippen LogP contribution in [0.2, 0.25) is 0 Å². The molecule has 128 valence electrons. The number of benzene rings is 1. The normalized spacial score (nSPS) is 21.3. The number of hydrogen-bond donors (Lipinski definition) is 1. The molecule has 0 spiro atoms. The van der Waals surface area contributed by atoms with Crippen molar-refractivity contribution in [1.82, 2.24) is 4.90 Å². The predicted octanol–water partition coefficient (Wildman–Crippen LogP) is 3.88. The van der Waals surface area contributed by atoms with E-state index in [0.29, 0.717) is 11.8 Å². The Labute approximate surface area is 145 Å². The number of nitrogens with zero attached hydrogens (tertiary/aromatic N) is 2. The zero-order valence-corrected chi connectivity index (χ0v) is 15.1. The van der Waals surface area contributed by atoms with Crippen molar-refractivity contribution in [2.75, 3.05) is 18.4 Å². The zero-order chi connectivity index (χ0) is 17.7. The molecule has 1 N–H and O–H groups in total. The van der Waals surface area contributed by atoms with Gasteiger partial charge >= 0.3 is 0 Å². The minimum atomic E-state index is -0.327. The first kappa shape index (κ1) is 18.1. The average Bonchev–Trinajstić information content (AvgIpc) is 2.53. The molecule has 1 amide bonds. The number of likely N-dealkylation sites (tertiary alicyclic amines) is 1. The fourth-order valence-electron chi connectivity index (χ4n) is 3.52. The van der Waals surface area contributed by atoms with Crippen molar-refractivity contribution in [1.29, 1.82) is 5.26 Å². The van der Waals surface area contributed by atoms with Gasteiger partial charge in [0.15, 0.2) is 0 Å². The number of amides is 1. The van der Waals surface area contributed by atoms with E-state index in [2.05, 4.69) is 37.1 Å². The van der Waals surface area contributed by atoms with Gasteiger partial charge in [0.1, 0.15) is 11.6 Å². The molecule has 1 aromatic carbocycles. The number of nitrogens with one attached hydrogen (secondary N) is 1. The highest BCUT2D eigenvalue weighted by molar-refractivity contribution is 6.07. The number of aryl methyl sites for hydroxylation is 2. The lowest BCUT2D eigenvalue weighted by Crippen LogP contribution is -2.35. The van der Waals surface area contributed by atoms with Gasteiger partial charge in [0.2, 0.25) is 0 Å². The highest BCUT2D eigenvalue weighted by Gasteiger charge is 2.21. The zero-order valence-electron chi connectivity index (χ0n) is 15.1. The molecule has 24 heavy (non-hydrogen) atoms. The van der Waals surface area contributed by atoms with Gasteiger partial charge < -0.3 is 10.2 Å². The Morgan fingerprint density at radius 3 is 2.62 bits per heavy atom. The molecule has 4 nitrogen and oxygen atoms in total. The summed E-state index contributed by atoms with van der Waals surface area (Å²) in [6.45, 7) is 10.2. The summed E-state index contributed by atoms with van der Waals surface area (Å²) in [4.78, 5) is 14.7. The van der Waals surface area contributed by atoms with Gasteiger partial charge in [-0.25, -0.2) is 0 Å². The van der Waals surface area contributed by atoms with E-state index < -0.39 is 0 Å². The second-order valence-electron chi connectivity index (χ2n) is 6.97. The summed E-state index contributed by atoms with van der Waals surface area (Å²) in [5, 5.41) is 12.4. The van der Waals surface area contributed by atoms with Crippen LogP contribution in [0.5, 0.6) is 0 Å². The maximum Gasteiger partial charge on any atom is 0.267 e. The Bertz CT molecular complexity index is 662. The SMILES string of the molecule is CCc1cccc(C)c1NC(=O)/C(C#N)=C\N1CC(C)CC(C)C1. The van der Waals surface area contributed by atoms with Crippen LogP contribution in [-0.4, -0.2) is 23.9 Å². The van der Waals surface area contributed by atoms with E-state index in [9.17, 15) is 10.1 Å². The third-order valence-corrected chi connectivity index (χ3v) is 4.55. The third-order valence-electron chi connectivity index (χ3n) is 4.55. The van der Waals surface area contributed by atoms with E-state index in [1.165, 1.54) is 6.42 Å². The summed E-state index contributed by atoms with van der Waals surface area (Å²) < 4.78 is 0. The lowest BCUT2D eigenvalue weighted by Gasteiger charge is -2.34. The highest BCUT2D eigenvalue weighted by atomic mass is 16.1. The standard InChI is InChI=1S/C20H27N3O/c1-5-17-8-6-7-16(4)19(17)22-20(24)18(10-21)13-23-11-14(2)9-15(3)12-23/h6-8,13-15H,5,9,11-12H2,1-4H3,(H,22,24)/b18-13-. The molecule has 2 rings (SSSR count). The number of carbonyl (C=O) groups excluding carboxylic acids is 1. The van der Waals surface area contributed by atoms with Gasteiger partial charge in [0, 0.05) is 25.0 Å². The van der Waals surface area contributed by atoms with E-state index in [0.717, 1.165) is 36.3 Å². The first-order valence-corrected chi connectivity index (χ1v) is 8.70. The smallest absolute Gasteiger partial charge is 0.267 e. The van der Waals surface area contributed by atoms with Crippen molar-refractivity contribution in [3.63, 3.8) is 0 Å². The van der Waals surface area contributed by atoms with Gasteiger partial charge in [-0.15, -0.1) is 0 Å². The van der Waals surface area contributed by atoms with Crippen LogP contribution >= 0.6 is 0 Å². The molecule has 2 atom stereocenters. The number of carbonyl (C=O) groups is 1. The van der Waals surface area contributed by atoms with Crippen molar-refractivity contribution in [2.45, 2.75) is 40.5 Å². The van der Waals surface area contributed by atoms with Crippen LogP contribution in [0.15, 0.2) is 30.0 Å². The van der Waals surface area contributed by atoms with Crippen molar-refractivity contribution >= 4 is 11.6 Å². The van der Waals surface area contributed by atoms with Crippen LogP contribution < -0.4 is 5.32 Å². The molecule has 0 aromatic heterocycles. The van der Waals surface area contributed by atoms with Crippen LogP contribution in [0.25, 0.3) is 0 Å². The lowest BCUT2D eigenvalue weighted by atomic mass is 9.92. The van der Waals surface area contributed by atoms with Crippen LogP contribution in [0, 0.1) is 30.1 Å². The fraction of sp³-hybridized carbons (Fsp3) is 0.500. The molecule has 0 aliphatic carbocycles. The summed E-state index contributed by atoms with van der Waals surface area (Å²) in [6, 6.07) is 8.03. The Morgan fingerprint density at radius 1 is 1.38 bits per heavy atom. The van der Waals surface area contributed by atoms with E-state index in [1.54, 1.807) is 6.20 Å². The minimum absolute atomic E-state index is 0.168. The van der Waals surface area contributed by atoms with Crippen LogP contribution in [0.4, 0.5) is 5.69 Å². The lowest BCUT2D eigenvalue weighted by molar-refractivity contribution is -0.112. The second kappa shape index (κ2) is 8.01. The number of nitriles is 1.